The lowest BCUT2D eigenvalue weighted by molar-refractivity contribution is -0.188. The van der Waals surface area contributed by atoms with E-state index in [4.69, 9.17) is 9.47 Å². The third-order valence-corrected chi connectivity index (χ3v) is 3.63. The summed E-state index contributed by atoms with van der Waals surface area (Å²) in [5, 5.41) is 12.6. The van der Waals surface area contributed by atoms with Crippen molar-refractivity contribution in [3.05, 3.63) is 17.7 Å². The molecule has 0 unspecified atom stereocenters. The van der Waals surface area contributed by atoms with Gasteiger partial charge in [0.05, 0.1) is 19.8 Å². The molecule has 1 aromatic rings. The molecule has 1 saturated heterocycles. The van der Waals surface area contributed by atoms with Crippen LogP contribution in [0, 0.1) is 0 Å². The SMILES string of the molecule is COc1cc(O)cc(OC)c1[C@H](N1CCNCC1)C(F)(F)F.Cl.Cl. The molecule has 1 fully saturated rings. The summed E-state index contributed by atoms with van der Waals surface area (Å²) >= 11 is 0. The van der Waals surface area contributed by atoms with Crippen molar-refractivity contribution >= 4 is 24.8 Å². The number of rotatable bonds is 4. The van der Waals surface area contributed by atoms with Gasteiger partial charge < -0.3 is 19.9 Å². The molecule has 0 aromatic heterocycles. The van der Waals surface area contributed by atoms with E-state index in [2.05, 4.69) is 5.32 Å². The monoisotopic (exact) mass is 392 g/mol. The van der Waals surface area contributed by atoms with Crippen LogP contribution in [-0.4, -0.2) is 56.6 Å². The Kier molecular flexibility index (Phi) is 8.98. The molecule has 0 bridgehead atoms. The Balaban J connectivity index is 0.00000264. The fraction of sp³-hybridized carbons (Fsp3) is 0.571. The molecule has 1 heterocycles. The van der Waals surface area contributed by atoms with E-state index in [1.54, 1.807) is 0 Å². The minimum Gasteiger partial charge on any atom is -0.508 e. The molecule has 1 aliphatic rings. The lowest BCUT2D eigenvalue weighted by Gasteiger charge is -2.37. The van der Waals surface area contributed by atoms with Crippen LogP contribution in [-0.2, 0) is 0 Å². The van der Waals surface area contributed by atoms with E-state index in [0.717, 1.165) is 0 Å². The molecule has 24 heavy (non-hydrogen) atoms. The van der Waals surface area contributed by atoms with Gasteiger partial charge in [-0.15, -0.1) is 24.8 Å². The van der Waals surface area contributed by atoms with E-state index in [0.29, 0.717) is 13.1 Å². The Morgan fingerprint density at radius 2 is 1.54 bits per heavy atom. The molecular formula is C14H21Cl2F3N2O3. The largest absolute Gasteiger partial charge is 0.508 e. The number of piperazine rings is 1. The van der Waals surface area contributed by atoms with Gasteiger partial charge in [0.2, 0.25) is 0 Å². The van der Waals surface area contributed by atoms with Gasteiger partial charge in [-0.1, -0.05) is 0 Å². The first-order valence-corrected chi connectivity index (χ1v) is 6.85. The van der Waals surface area contributed by atoms with Crippen LogP contribution in [0.15, 0.2) is 12.1 Å². The van der Waals surface area contributed by atoms with Gasteiger partial charge in [0, 0.05) is 38.3 Å². The summed E-state index contributed by atoms with van der Waals surface area (Å²) in [5.74, 6) is -0.297. The lowest BCUT2D eigenvalue weighted by atomic mass is 10.0. The van der Waals surface area contributed by atoms with Gasteiger partial charge in [0.25, 0.3) is 0 Å². The molecule has 2 N–H and O–H groups in total. The average molecular weight is 393 g/mol. The number of methoxy groups -OCH3 is 2. The number of hydrogen-bond acceptors (Lipinski definition) is 5. The van der Waals surface area contributed by atoms with Crippen LogP contribution in [0.2, 0.25) is 0 Å². The van der Waals surface area contributed by atoms with Crippen molar-refractivity contribution in [1.29, 1.82) is 0 Å². The summed E-state index contributed by atoms with van der Waals surface area (Å²) in [6, 6.07) is 0.484. The zero-order valence-corrected chi connectivity index (χ0v) is 14.9. The van der Waals surface area contributed by atoms with Gasteiger partial charge in [0.15, 0.2) is 0 Å². The van der Waals surface area contributed by atoms with Crippen molar-refractivity contribution in [3.63, 3.8) is 0 Å². The second-order valence-electron chi connectivity index (χ2n) is 4.99. The van der Waals surface area contributed by atoms with Crippen LogP contribution in [0.3, 0.4) is 0 Å². The highest BCUT2D eigenvalue weighted by molar-refractivity contribution is 5.85. The van der Waals surface area contributed by atoms with Crippen LogP contribution in [0.5, 0.6) is 17.2 Å². The van der Waals surface area contributed by atoms with Crippen molar-refractivity contribution < 1.29 is 27.8 Å². The first-order valence-electron chi connectivity index (χ1n) is 6.85. The molecule has 10 heteroatoms. The number of aromatic hydroxyl groups is 1. The third kappa shape index (κ3) is 4.95. The second-order valence-corrected chi connectivity index (χ2v) is 4.99. The van der Waals surface area contributed by atoms with Gasteiger partial charge in [-0.2, -0.15) is 13.2 Å². The predicted molar refractivity (Wildman–Crippen MR) is 88.9 cm³/mol. The fourth-order valence-electron chi connectivity index (χ4n) is 2.69. The maximum atomic E-state index is 13.7. The van der Waals surface area contributed by atoms with Crippen LogP contribution in [0.25, 0.3) is 0 Å². The highest BCUT2D eigenvalue weighted by Gasteiger charge is 2.47. The Morgan fingerprint density at radius 1 is 1.08 bits per heavy atom. The summed E-state index contributed by atoms with van der Waals surface area (Å²) in [7, 11) is 2.53. The van der Waals surface area contributed by atoms with Gasteiger partial charge >= 0.3 is 6.18 Å². The average Bonchev–Trinajstić information content (AvgIpc) is 2.48. The normalized spacial score (nSPS) is 16.5. The maximum absolute atomic E-state index is 13.7. The molecule has 1 aliphatic heterocycles. The first kappa shape index (κ1) is 22.9. The van der Waals surface area contributed by atoms with E-state index >= 15 is 0 Å². The summed E-state index contributed by atoms with van der Waals surface area (Å²) < 4.78 is 51.2. The smallest absolute Gasteiger partial charge is 0.408 e. The molecule has 2 rings (SSSR count). The number of nitrogens with one attached hydrogen (secondary N) is 1. The molecule has 0 aliphatic carbocycles. The molecule has 0 spiro atoms. The van der Waals surface area contributed by atoms with E-state index in [9.17, 15) is 18.3 Å². The molecule has 1 atom stereocenters. The Morgan fingerprint density at radius 3 is 1.92 bits per heavy atom. The molecule has 0 amide bonds. The number of phenolic OH excluding ortho intramolecular Hbond substituents is 1. The molecule has 140 valence electrons. The molecule has 0 radical (unpaired) electrons. The Labute approximate surface area is 150 Å². The van der Waals surface area contributed by atoms with E-state index in [1.165, 1.54) is 31.3 Å². The minimum atomic E-state index is -4.49. The standard InChI is InChI=1S/C14H19F3N2O3.2ClH/c1-21-10-7-9(20)8-11(22-2)12(10)13(14(15,16)17)19-5-3-18-4-6-19;;/h7-8,13,18,20H,3-6H2,1-2H3;2*1H/t13-;;/m0../s1. The number of halogens is 5. The Bertz CT molecular complexity index is 501. The maximum Gasteiger partial charge on any atom is 0.408 e. The van der Waals surface area contributed by atoms with Crippen molar-refractivity contribution in [2.24, 2.45) is 0 Å². The van der Waals surface area contributed by atoms with Gasteiger partial charge in [-0.25, -0.2) is 0 Å². The second kappa shape index (κ2) is 9.41. The van der Waals surface area contributed by atoms with Crippen LogP contribution >= 0.6 is 24.8 Å². The molecular weight excluding hydrogens is 372 g/mol. The number of hydrogen-bond donors (Lipinski definition) is 2. The molecule has 5 nitrogen and oxygen atoms in total. The fourth-order valence-corrected chi connectivity index (χ4v) is 2.69. The van der Waals surface area contributed by atoms with Gasteiger partial charge in [-0.3, -0.25) is 4.90 Å². The third-order valence-electron chi connectivity index (χ3n) is 3.63. The van der Waals surface area contributed by atoms with Crippen molar-refractivity contribution in [2.75, 3.05) is 40.4 Å². The number of benzene rings is 1. The van der Waals surface area contributed by atoms with Gasteiger partial charge in [0.1, 0.15) is 23.3 Å². The lowest BCUT2D eigenvalue weighted by Crippen LogP contribution is -2.49. The number of phenols is 1. The van der Waals surface area contributed by atoms with Crippen LogP contribution in [0.4, 0.5) is 13.2 Å². The summed E-state index contributed by atoms with van der Waals surface area (Å²) in [5.41, 5.74) is -0.114. The van der Waals surface area contributed by atoms with Crippen LogP contribution in [0.1, 0.15) is 11.6 Å². The zero-order chi connectivity index (χ0) is 16.3. The van der Waals surface area contributed by atoms with Crippen molar-refractivity contribution in [2.45, 2.75) is 12.2 Å². The van der Waals surface area contributed by atoms with Crippen molar-refractivity contribution in [1.82, 2.24) is 10.2 Å². The number of alkyl halides is 3. The summed E-state index contributed by atoms with van der Waals surface area (Å²) in [6.45, 7) is 1.49. The van der Waals surface area contributed by atoms with E-state index in [1.807, 2.05) is 0 Å². The highest BCUT2D eigenvalue weighted by atomic mass is 35.5. The van der Waals surface area contributed by atoms with Crippen molar-refractivity contribution in [3.8, 4) is 17.2 Å². The summed E-state index contributed by atoms with van der Waals surface area (Å²) in [6.07, 6.45) is -4.49. The molecule has 0 saturated carbocycles. The number of nitrogens with zero attached hydrogens (tertiary/aromatic N) is 1. The first-order chi connectivity index (χ1) is 10.4. The molecule has 1 aromatic carbocycles. The van der Waals surface area contributed by atoms with Gasteiger partial charge in [-0.05, 0) is 0 Å². The van der Waals surface area contributed by atoms with E-state index in [-0.39, 0.29) is 60.7 Å². The summed E-state index contributed by atoms with van der Waals surface area (Å²) in [4.78, 5) is 1.34. The highest BCUT2D eigenvalue weighted by Crippen LogP contribution is 2.47. The van der Waals surface area contributed by atoms with Crippen LogP contribution < -0.4 is 14.8 Å². The number of ether oxygens (including phenoxy) is 2. The Hall–Kier alpha value is -1.09. The zero-order valence-electron chi connectivity index (χ0n) is 13.2. The quantitative estimate of drug-likeness (QED) is 0.824. The van der Waals surface area contributed by atoms with E-state index < -0.39 is 12.2 Å². The topological polar surface area (TPSA) is 54.0 Å². The minimum absolute atomic E-state index is 0. The predicted octanol–water partition coefficient (Wildman–Crippen LogP) is 2.76.